The lowest BCUT2D eigenvalue weighted by molar-refractivity contribution is -0.123. The van der Waals surface area contributed by atoms with Crippen molar-refractivity contribution in [3.8, 4) is 0 Å². The highest BCUT2D eigenvalue weighted by Crippen LogP contribution is 2.16. The second-order valence-corrected chi connectivity index (χ2v) is 5.87. The van der Waals surface area contributed by atoms with Gasteiger partial charge in [-0.15, -0.1) is 0 Å². The molecule has 0 fully saturated rings. The second-order valence-electron chi connectivity index (χ2n) is 4.95. The first-order valence-electron chi connectivity index (χ1n) is 6.87. The fraction of sp³-hybridized carbons (Fsp3) is 0.250. The Morgan fingerprint density at radius 2 is 1.77 bits per heavy atom. The number of amides is 2. The van der Waals surface area contributed by atoms with Crippen LogP contribution < -0.4 is 10.6 Å². The summed E-state index contributed by atoms with van der Waals surface area (Å²) in [4.78, 5) is 24.0. The van der Waals surface area contributed by atoms with Gasteiger partial charge in [-0.2, -0.15) is 0 Å². The van der Waals surface area contributed by atoms with Gasteiger partial charge in [-0.3, -0.25) is 9.59 Å². The third kappa shape index (κ3) is 4.21. The van der Waals surface area contributed by atoms with Crippen LogP contribution in [0.1, 0.15) is 36.0 Å². The number of hydrogen-bond donors (Lipinski definition) is 2. The molecule has 1 aromatic carbocycles. The maximum Gasteiger partial charge on any atom is 0.287 e. The minimum Gasteiger partial charge on any atom is -0.459 e. The van der Waals surface area contributed by atoms with Crippen LogP contribution in [-0.2, 0) is 4.79 Å². The zero-order valence-electron chi connectivity index (χ0n) is 12.3. The van der Waals surface area contributed by atoms with Gasteiger partial charge in [0.25, 0.3) is 5.91 Å². The molecule has 2 amide bonds. The van der Waals surface area contributed by atoms with Crippen molar-refractivity contribution >= 4 is 27.7 Å². The lowest BCUT2D eigenvalue weighted by Crippen LogP contribution is -2.45. The molecule has 0 spiro atoms. The van der Waals surface area contributed by atoms with Gasteiger partial charge in [-0.05, 0) is 43.7 Å². The van der Waals surface area contributed by atoms with Gasteiger partial charge in [0.15, 0.2) is 5.76 Å². The van der Waals surface area contributed by atoms with Crippen molar-refractivity contribution in [2.75, 3.05) is 0 Å². The van der Waals surface area contributed by atoms with E-state index in [-0.39, 0.29) is 17.7 Å². The van der Waals surface area contributed by atoms with Gasteiger partial charge in [0, 0.05) is 4.47 Å². The van der Waals surface area contributed by atoms with Gasteiger partial charge in [-0.1, -0.05) is 28.1 Å². The summed E-state index contributed by atoms with van der Waals surface area (Å²) in [6, 6.07) is 10.1. The molecule has 0 aliphatic carbocycles. The molecule has 6 heteroatoms. The first-order valence-corrected chi connectivity index (χ1v) is 7.67. The summed E-state index contributed by atoms with van der Waals surface area (Å²) in [7, 11) is 0. The van der Waals surface area contributed by atoms with Gasteiger partial charge < -0.3 is 15.1 Å². The Kier molecular flexibility index (Phi) is 5.38. The van der Waals surface area contributed by atoms with E-state index in [9.17, 15) is 9.59 Å². The van der Waals surface area contributed by atoms with E-state index in [2.05, 4.69) is 26.6 Å². The molecule has 1 heterocycles. The maximum absolute atomic E-state index is 12.1. The molecule has 2 N–H and O–H groups in total. The van der Waals surface area contributed by atoms with Crippen LogP contribution in [-0.4, -0.2) is 17.9 Å². The number of furan rings is 1. The first-order chi connectivity index (χ1) is 10.5. The summed E-state index contributed by atoms with van der Waals surface area (Å²) in [6.07, 6.45) is 1.41. The van der Waals surface area contributed by atoms with E-state index in [0.717, 1.165) is 10.0 Å². The van der Waals surface area contributed by atoms with E-state index >= 15 is 0 Å². The topological polar surface area (TPSA) is 71.3 Å². The van der Waals surface area contributed by atoms with Crippen molar-refractivity contribution in [3.63, 3.8) is 0 Å². The van der Waals surface area contributed by atoms with Crippen LogP contribution in [0.25, 0.3) is 0 Å². The largest absolute Gasteiger partial charge is 0.459 e. The van der Waals surface area contributed by atoms with Crippen molar-refractivity contribution < 1.29 is 14.0 Å². The number of nitrogens with one attached hydrogen (secondary N) is 2. The fourth-order valence-electron chi connectivity index (χ4n) is 1.91. The minimum atomic E-state index is -0.657. The van der Waals surface area contributed by atoms with Crippen LogP contribution in [0.3, 0.4) is 0 Å². The molecular formula is C16H17BrN2O3. The van der Waals surface area contributed by atoms with Crippen molar-refractivity contribution in [1.29, 1.82) is 0 Å². The number of benzene rings is 1. The molecule has 0 radical (unpaired) electrons. The van der Waals surface area contributed by atoms with Crippen molar-refractivity contribution in [1.82, 2.24) is 10.6 Å². The van der Waals surface area contributed by atoms with Crippen molar-refractivity contribution in [2.45, 2.75) is 25.9 Å². The average molecular weight is 365 g/mol. The predicted molar refractivity (Wildman–Crippen MR) is 86.3 cm³/mol. The number of rotatable bonds is 5. The lowest BCUT2D eigenvalue weighted by atomic mass is 10.1. The smallest absolute Gasteiger partial charge is 0.287 e. The Labute approximate surface area is 137 Å². The van der Waals surface area contributed by atoms with E-state index in [1.807, 2.05) is 31.2 Å². The minimum absolute atomic E-state index is 0.149. The normalized spacial score (nSPS) is 13.2. The summed E-state index contributed by atoms with van der Waals surface area (Å²) >= 11 is 3.37. The highest BCUT2D eigenvalue weighted by Gasteiger charge is 2.19. The van der Waals surface area contributed by atoms with Crippen molar-refractivity contribution in [3.05, 3.63) is 58.5 Å². The second kappa shape index (κ2) is 7.26. The van der Waals surface area contributed by atoms with Crippen LogP contribution in [0.15, 0.2) is 51.6 Å². The molecule has 0 saturated carbocycles. The highest BCUT2D eigenvalue weighted by atomic mass is 79.9. The molecule has 2 rings (SSSR count). The lowest BCUT2D eigenvalue weighted by Gasteiger charge is -2.18. The zero-order valence-corrected chi connectivity index (χ0v) is 13.9. The van der Waals surface area contributed by atoms with E-state index in [0.29, 0.717) is 0 Å². The number of carbonyl (C=O) groups excluding carboxylic acids is 2. The standard InChI is InChI=1S/C16H17BrN2O3/c1-10(12-5-7-13(17)8-6-12)18-15(20)11(2)19-16(21)14-4-3-9-22-14/h3-11H,1-2H3,(H,18,20)(H,19,21). The van der Waals surface area contributed by atoms with Crippen molar-refractivity contribution in [2.24, 2.45) is 0 Å². The molecule has 0 saturated heterocycles. The highest BCUT2D eigenvalue weighted by molar-refractivity contribution is 9.10. The third-order valence-corrected chi connectivity index (χ3v) is 3.74. The molecule has 2 atom stereocenters. The number of halogens is 1. The molecule has 5 nitrogen and oxygen atoms in total. The molecule has 116 valence electrons. The summed E-state index contributed by atoms with van der Waals surface area (Å²) < 4.78 is 5.97. The molecule has 0 aliphatic rings. The van der Waals surface area contributed by atoms with Crippen LogP contribution in [0.4, 0.5) is 0 Å². The summed E-state index contributed by atoms with van der Waals surface area (Å²) in [5.41, 5.74) is 0.987. The van der Waals surface area contributed by atoms with E-state index in [4.69, 9.17) is 4.42 Å². The molecule has 1 aromatic heterocycles. The summed E-state index contributed by atoms with van der Waals surface area (Å²) in [6.45, 7) is 3.52. The Morgan fingerprint density at radius 1 is 1.09 bits per heavy atom. The molecule has 0 bridgehead atoms. The summed E-state index contributed by atoms with van der Waals surface area (Å²) in [5.74, 6) is -0.486. The monoisotopic (exact) mass is 364 g/mol. The van der Waals surface area contributed by atoms with Gasteiger partial charge in [0.2, 0.25) is 5.91 Å². The predicted octanol–water partition coefficient (Wildman–Crippen LogP) is 3.04. The Bertz CT molecular complexity index is 638. The number of hydrogen-bond acceptors (Lipinski definition) is 3. The van der Waals surface area contributed by atoms with Crippen LogP contribution in [0.5, 0.6) is 0 Å². The van der Waals surface area contributed by atoms with Gasteiger partial charge in [0.1, 0.15) is 6.04 Å². The van der Waals surface area contributed by atoms with Gasteiger partial charge in [-0.25, -0.2) is 0 Å². The maximum atomic E-state index is 12.1. The van der Waals surface area contributed by atoms with E-state index in [1.165, 1.54) is 6.26 Å². The van der Waals surface area contributed by atoms with Crippen LogP contribution in [0, 0.1) is 0 Å². The molecule has 2 aromatic rings. The van der Waals surface area contributed by atoms with E-state index < -0.39 is 11.9 Å². The average Bonchev–Trinajstić information content (AvgIpc) is 3.02. The van der Waals surface area contributed by atoms with E-state index in [1.54, 1.807) is 19.1 Å². The fourth-order valence-corrected chi connectivity index (χ4v) is 2.18. The number of carbonyl (C=O) groups is 2. The van der Waals surface area contributed by atoms with Crippen LogP contribution in [0.2, 0.25) is 0 Å². The molecule has 22 heavy (non-hydrogen) atoms. The SMILES string of the molecule is CC(NC(=O)c1ccco1)C(=O)NC(C)c1ccc(Br)cc1. The first kappa shape index (κ1) is 16.3. The third-order valence-electron chi connectivity index (χ3n) is 3.21. The molecular weight excluding hydrogens is 348 g/mol. The summed E-state index contributed by atoms with van der Waals surface area (Å²) in [5, 5.41) is 5.46. The molecule has 2 unspecified atom stereocenters. The Morgan fingerprint density at radius 3 is 2.36 bits per heavy atom. The Balaban J connectivity index is 1.90. The quantitative estimate of drug-likeness (QED) is 0.856. The molecule has 0 aliphatic heterocycles. The Hall–Kier alpha value is -2.08. The van der Waals surface area contributed by atoms with Gasteiger partial charge >= 0.3 is 0 Å². The zero-order chi connectivity index (χ0) is 16.1. The van der Waals surface area contributed by atoms with Gasteiger partial charge in [0.05, 0.1) is 12.3 Å². The van der Waals surface area contributed by atoms with Crippen LogP contribution >= 0.6 is 15.9 Å².